The van der Waals surface area contributed by atoms with E-state index in [0.717, 1.165) is 32.5 Å². The maximum absolute atomic E-state index is 5.46. The van der Waals surface area contributed by atoms with Gasteiger partial charge in [0.2, 0.25) is 5.95 Å². The van der Waals surface area contributed by atoms with Gasteiger partial charge in [-0.05, 0) is 41.5 Å². The summed E-state index contributed by atoms with van der Waals surface area (Å²) in [4.78, 5) is 11.8. The first-order valence-corrected chi connectivity index (χ1v) is 16.6. The number of fused-ring (bicyclic) bond motifs is 10. The summed E-state index contributed by atoms with van der Waals surface area (Å²) in [6.45, 7) is 0. The van der Waals surface area contributed by atoms with Gasteiger partial charge in [0.05, 0.1) is 16.7 Å². The molecule has 0 saturated heterocycles. The van der Waals surface area contributed by atoms with Crippen LogP contribution in [0.5, 0.6) is 0 Å². The van der Waals surface area contributed by atoms with Gasteiger partial charge in [-0.1, -0.05) is 109 Å². The lowest BCUT2D eigenvalue weighted by atomic mass is 10.00. The predicted octanol–water partition coefficient (Wildman–Crippen LogP) is 11.6. The minimum atomic E-state index is 0.695. The van der Waals surface area contributed by atoms with Crippen molar-refractivity contribution >= 4 is 85.0 Å². The van der Waals surface area contributed by atoms with E-state index in [1.807, 2.05) is 11.3 Å². The smallest absolute Gasteiger partial charge is 0.236 e. The number of rotatable bonds is 3. The average molecular weight is 610 g/mol. The lowest BCUT2D eigenvalue weighted by molar-refractivity contribution is 1.02. The summed E-state index contributed by atoms with van der Waals surface area (Å²) in [5, 5.41) is 7.38. The summed E-state index contributed by atoms with van der Waals surface area (Å²) >= 11 is 3.60. The van der Waals surface area contributed by atoms with E-state index in [1.54, 1.807) is 11.3 Å². The van der Waals surface area contributed by atoms with E-state index < -0.39 is 0 Å². The van der Waals surface area contributed by atoms with Gasteiger partial charge in [0.25, 0.3) is 0 Å². The fourth-order valence-corrected chi connectivity index (χ4v) is 9.18. The molecule has 0 amide bonds. The summed E-state index contributed by atoms with van der Waals surface area (Å²) in [5.41, 5.74) is 6.64. The van der Waals surface area contributed by atoms with Crippen LogP contribution in [0.2, 0.25) is 0 Å². The second-order valence-corrected chi connectivity index (χ2v) is 13.5. The van der Waals surface area contributed by atoms with Crippen LogP contribution in [0.1, 0.15) is 0 Å². The lowest BCUT2D eigenvalue weighted by Gasteiger charge is -2.11. The largest absolute Gasteiger partial charge is 0.278 e. The van der Waals surface area contributed by atoms with E-state index in [2.05, 4.69) is 144 Å². The molecule has 0 N–H and O–H groups in total. The van der Waals surface area contributed by atoms with Crippen molar-refractivity contribution in [1.29, 1.82) is 0 Å². The van der Waals surface area contributed by atoms with Crippen LogP contribution in [0.3, 0.4) is 0 Å². The molecular weight excluding hydrogens is 587 g/mol. The van der Waals surface area contributed by atoms with Crippen LogP contribution in [0.4, 0.5) is 0 Å². The second-order valence-electron chi connectivity index (χ2n) is 11.4. The van der Waals surface area contributed by atoms with Crippen molar-refractivity contribution in [1.82, 2.24) is 14.5 Å². The molecule has 0 unspecified atom stereocenters. The quantitative estimate of drug-likeness (QED) is 0.199. The third kappa shape index (κ3) is 3.69. The molecule has 0 aliphatic rings. The number of hydrogen-bond donors (Lipinski definition) is 0. The number of thiophene rings is 2. The second kappa shape index (κ2) is 9.57. The van der Waals surface area contributed by atoms with Crippen LogP contribution >= 0.6 is 22.7 Å². The molecule has 210 valence electrons. The minimum absolute atomic E-state index is 0.695. The van der Waals surface area contributed by atoms with Crippen LogP contribution in [0.25, 0.3) is 90.6 Å². The molecule has 10 aromatic rings. The van der Waals surface area contributed by atoms with E-state index in [0.29, 0.717) is 5.95 Å². The van der Waals surface area contributed by atoms with Gasteiger partial charge in [-0.25, -0.2) is 9.97 Å². The average Bonchev–Trinajstić information content (AvgIpc) is 3.77. The zero-order valence-corrected chi connectivity index (χ0v) is 25.6. The zero-order chi connectivity index (χ0) is 29.5. The molecule has 0 atom stereocenters. The van der Waals surface area contributed by atoms with Gasteiger partial charge in [-0.3, -0.25) is 4.57 Å². The molecule has 0 fully saturated rings. The number of aromatic nitrogens is 3. The third-order valence-electron chi connectivity index (χ3n) is 8.85. The first kappa shape index (κ1) is 25.0. The Balaban J connectivity index is 1.31. The van der Waals surface area contributed by atoms with Crippen molar-refractivity contribution in [3.63, 3.8) is 0 Å². The minimum Gasteiger partial charge on any atom is -0.278 e. The fourth-order valence-electron chi connectivity index (χ4n) is 6.85. The van der Waals surface area contributed by atoms with E-state index in [-0.39, 0.29) is 0 Å². The Kier molecular flexibility index (Phi) is 5.32. The lowest BCUT2D eigenvalue weighted by Crippen LogP contribution is -2.02. The maximum Gasteiger partial charge on any atom is 0.236 e. The van der Waals surface area contributed by atoms with Gasteiger partial charge in [0.15, 0.2) is 0 Å². The summed E-state index contributed by atoms with van der Waals surface area (Å²) < 4.78 is 6.10. The number of hydrogen-bond acceptors (Lipinski definition) is 4. The molecular formula is C40H23N3S2. The summed E-state index contributed by atoms with van der Waals surface area (Å²) in [5.74, 6) is 0.695. The van der Waals surface area contributed by atoms with Gasteiger partial charge < -0.3 is 0 Å². The monoisotopic (exact) mass is 609 g/mol. The van der Waals surface area contributed by atoms with Gasteiger partial charge in [0.1, 0.15) is 4.83 Å². The molecule has 0 aliphatic heterocycles. The highest BCUT2D eigenvalue weighted by atomic mass is 32.1. The Morgan fingerprint density at radius 1 is 0.444 bits per heavy atom. The van der Waals surface area contributed by atoms with Crippen molar-refractivity contribution in [2.45, 2.75) is 0 Å². The summed E-state index contributed by atoms with van der Waals surface area (Å²) in [7, 11) is 0. The van der Waals surface area contributed by atoms with Crippen molar-refractivity contribution in [3.05, 3.63) is 140 Å². The van der Waals surface area contributed by atoms with Crippen LogP contribution in [0.15, 0.2) is 140 Å². The van der Waals surface area contributed by atoms with Gasteiger partial charge >= 0.3 is 0 Å². The molecule has 0 aliphatic carbocycles. The molecule has 0 bridgehead atoms. The van der Waals surface area contributed by atoms with Crippen molar-refractivity contribution in [2.24, 2.45) is 0 Å². The van der Waals surface area contributed by atoms with E-state index in [4.69, 9.17) is 9.97 Å². The molecule has 3 nitrogen and oxygen atoms in total. The molecule has 5 heteroatoms. The SMILES string of the molecule is c1ccc(-c2cccc(-c3nc(-n4c5ccccc5c5c6sc7ccccc7c6ccc54)nc4sc5ccccc5c34)c2)cc1. The Morgan fingerprint density at radius 2 is 1.13 bits per heavy atom. The topological polar surface area (TPSA) is 30.7 Å². The Morgan fingerprint density at radius 3 is 2.00 bits per heavy atom. The normalized spacial score (nSPS) is 12.0. The first-order chi connectivity index (χ1) is 22.3. The number of benzene rings is 6. The van der Waals surface area contributed by atoms with Crippen LogP contribution < -0.4 is 0 Å². The number of para-hydroxylation sites is 1. The maximum atomic E-state index is 5.46. The Labute approximate surface area is 266 Å². The van der Waals surface area contributed by atoms with Crippen LogP contribution in [-0.2, 0) is 0 Å². The zero-order valence-electron chi connectivity index (χ0n) is 23.9. The molecule has 4 heterocycles. The molecule has 6 aromatic carbocycles. The molecule has 4 aromatic heterocycles. The Hall–Kier alpha value is -5.36. The van der Waals surface area contributed by atoms with Gasteiger partial charge in [-0.2, -0.15) is 0 Å². The molecule has 0 spiro atoms. The standard InChI is InChI=1S/C40H23N3S2/c1-2-11-24(12-3-1)25-13-10-14-26(23-25)37-36-30-17-6-9-20-34(30)45-39(36)42-40(41-37)43-31-18-7-4-16-29(31)35-32(43)22-21-28-27-15-5-8-19-33(27)44-38(28)35/h1-23H. The van der Waals surface area contributed by atoms with Crippen molar-refractivity contribution in [3.8, 4) is 28.3 Å². The highest BCUT2D eigenvalue weighted by Crippen LogP contribution is 2.44. The van der Waals surface area contributed by atoms with Gasteiger partial charge in [-0.15, -0.1) is 22.7 Å². The molecule has 0 saturated carbocycles. The first-order valence-electron chi connectivity index (χ1n) is 15.0. The Bertz CT molecular complexity index is 2770. The van der Waals surface area contributed by atoms with Crippen molar-refractivity contribution in [2.75, 3.05) is 0 Å². The third-order valence-corrected chi connectivity index (χ3v) is 11.1. The predicted molar refractivity (Wildman–Crippen MR) is 193 cm³/mol. The van der Waals surface area contributed by atoms with E-state index in [1.165, 1.54) is 52.2 Å². The molecule has 10 rings (SSSR count). The van der Waals surface area contributed by atoms with E-state index >= 15 is 0 Å². The van der Waals surface area contributed by atoms with Crippen LogP contribution in [-0.4, -0.2) is 14.5 Å². The van der Waals surface area contributed by atoms with Crippen LogP contribution in [0, 0.1) is 0 Å². The molecule has 45 heavy (non-hydrogen) atoms. The van der Waals surface area contributed by atoms with Gasteiger partial charge in [0, 0.05) is 52.0 Å². The van der Waals surface area contributed by atoms with Crippen molar-refractivity contribution < 1.29 is 0 Å². The highest BCUT2D eigenvalue weighted by Gasteiger charge is 2.22. The fraction of sp³-hybridized carbons (Fsp3) is 0. The van der Waals surface area contributed by atoms with E-state index in [9.17, 15) is 0 Å². The summed E-state index contributed by atoms with van der Waals surface area (Å²) in [6, 6.07) is 49.8. The molecule has 0 radical (unpaired) electrons. The summed E-state index contributed by atoms with van der Waals surface area (Å²) in [6.07, 6.45) is 0. The highest BCUT2D eigenvalue weighted by molar-refractivity contribution is 7.27. The number of nitrogens with zero attached hydrogens (tertiary/aromatic N) is 3.